The summed E-state index contributed by atoms with van der Waals surface area (Å²) < 4.78 is 5.41. The number of carbonyl (C=O) groups excluding carboxylic acids is 1. The maximum Gasteiger partial charge on any atom is 0.242 e. The summed E-state index contributed by atoms with van der Waals surface area (Å²) in [5, 5.41) is 0. The van der Waals surface area contributed by atoms with Crippen LogP contribution in [0.4, 0.5) is 0 Å². The molecule has 0 spiro atoms. The molecule has 1 aliphatic heterocycles. The summed E-state index contributed by atoms with van der Waals surface area (Å²) in [6.07, 6.45) is 3.95. The van der Waals surface area contributed by atoms with Gasteiger partial charge >= 0.3 is 0 Å². The highest BCUT2D eigenvalue weighted by Crippen LogP contribution is 2.32. The number of hydrogen-bond donors (Lipinski definition) is 1. The summed E-state index contributed by atoms with van der Waals surface area (Å²) in [6, 6.07) is 0. The molecule has 2 atom stereocenters. The minimum absolute atomic E-state index is 0.132. The van der Waals surface area contributed by atoms with Crippen LogP contribution in [-0.2, 0) is 9.53 Å². The largest absolute Gasteiger partial charge is 0.379 e. The Hall–Kier alpha value is -0.610. The predicted molar refractivity (Wildman–Crippen MR) is 61.9 cm³/mol. The molecule has 4 nitrogen and oxygen atoms in total. The molecular weight excluding hydrogens is 204 g/mol. The van der Waals surface area contributed by atoms with Gasteiger partial charge in [-0.3, -0.25) is 4.79 Å². The van der Waals surface area contributed by atoms with Crippen LogP contribution in [0.25, 0.3) is 0 Å². The number of ether oxygens (including phenoxy) is 1. The van der Waals surface area contributed by atoms with Gasteiger partial charge in [-0.1, -0.05) is 6.92 Å². The lowest BCUT2D eigenvalue weighted by Gasteiger charge is -2.44. The molecule has 1 saturated heterocycles. The van der Waals surface area contributed by atoms with E-state index in [1.54, 1.807) is 7.11 Å². The van der Waals surface area contributed by atoms with E-state index in [0.717, 1.165) is 32.2 Å². The van der Waals surface area contributed by atoms with E-state index in [4.69, 9.17) is 10.5 Å². The molecule has 0 aromatic heterocycles. The lowest BCUT2D eigenvalue weighted by molar-refractivity contribution is -0.145. The fraction of sp³-hybridized carbons (Fsp3) is 0.917. The third-order valence-corrected chi connectivity index (χ3v) is 4.15. The number of hydrogen-bond acceptors (Lipinski definition) is 3. The molecule has 1 heterocycles. The average molecular weight is 226 g/mol. The van der Waals surface area contributed by atoms with Crippen LogP contribution in [0.15, 0.2) is 0 Å². The number of nitrogens with two attached hydrogens (primary N) is 1. The van der Waals surface area contributed by atoms with E-state index in [1.165, 1.54) is 0 Å². The van der Waals surface area contributed by atoms with Gasteiger partial charge in [-0.15, -0.1) is 0 Å². The molecular formula is C12H22N2O2. The minimum Gasteiger partial charge on any atom is -0.379 e. The van der Waals surface area contributed by atoms with E-state index in [2.05, 4.69) is 6.92 Å². The van der Waals surface area contributed by atoms with Crippen molar-refractivity contribution in [1.29, 1.82) is 0 Å². The Morgan fingerprint density at radius 2 is 2.19 bits per heavy atom. The third kappa shape index (κ3) is 1.96. The summed E-state index contributed by atoms with van der Waals surface area (Å²) in [7, 11) is 1.72. The Labute approximate surface area is 97.1 Å². The fourth-order valence-corrected chi connectivity index (χ4v) is 2.61. The zero-order valence-electron chi connectivity index (χ0n) is 10.2. The first-order valence-corrected chi connectivity index (χ1v) is 6.18. The molecule has 92 valence electrons. The van der Waals surface area contributed by atoms with Crippen molar-refractivity contribution in [2.45, 2.75) is 44.2 Å². The first-order chi connectivity index (χ1) is 7.57. The molecule has 2 unspecified atom stereocenters. The van der Waals surface area contributed by atoms with Gasteiger partial charge in [-0.2, -0.15) is 0 Å². The molecule has 16 heavy (non-hydrogen) atoms. The van der Waals surface area contributed by atoms with E-state index in [-0.39, 0.29) is 12.0 Å². The monoisotopic (exact) mass is 226 g/mol. The van der Waals surface area contributed by atoms with Gasteiger partial charge in [0.15, 0.2) is 0 Å². The number of methoxy groups -OCH3 is 1. The smallest absolute Gasteiger partial charge is 0.242 e. The van der Waals surface area contributed by atoms with Crippen LogP contribution in [-0.4, -0.2) is 42.6 Å². The number of likely N-dealkylation sites (tertiary alicyclic amines) is 1. The first kappa shape index (κ1) is 11.9. The van der Waals surface area contributed by atoms with Crippen molar-refractivity contribution in [3.63, 3.8) is 0 Å². The Balaban J connectivity index is 1.97. The molecule has 2 fully saturated rings. The third-order valence-electron chi connectivity index (χ3n) is 4.15. The number of piperidine rings is 1. The summed E-state index contributed by atoms with van der Waals surface area (Å²) in [4.78, 5) is 14.1. The van der Waals surface area contributed by atoms with Crippen molar-refractivity contribution in [1.82, 2.24) is 4.90 Å². The normalized spacial score (nSPS) is 33.3. The van der Waals surface area contributed by atoms with E-state index in [0.29, 0.717) is 12.5 Å². The zero-order valence-corrected chi connectivity index (χ0v) is 10.2. The van der Waals surface area contributed by atoms with E-state index in [9.17, 15) is 4.79 Å². The van der Waals surface area contributed by atoms with E-state index < -0.39 is 5.54 Å². The quantitative estimate of drug-likeness (QED) is 0.756. The molecule has 0 aromatic rings. The summed E-state index contributed by atoms with van der Waals surface area (Å²) >= 11 is 0. The molecule has 0 aromatic carbocycles. The van der Waals surface area contributed by atoms with Crippen LogP contribution >= 0.6 is 0 Å². The molecule has 0 bridgehead atoms. The standard InChI is InChI=1S/C12H22N2O2/c1-9-4-7-14(8-10(9)16-2)11(15)12(13)5-3-6-12/h9-10H,3-8,13H2,1-2H3. The number of nitrogens with zero attached hydrogens (tertiary/aromatic N) is 1. The number of carbonyl (C=O) groups is 1. The lowest BCUT2D eigenvalue weighted by Crippen LogP contribution is -2.62. The molecule has 2 N–H and O–H groups in total. The Morgan fingerprint density at radius 3 is 2.69 bits per heavy atom. The van der Waals surface area contributed by atoms with Crippen molar-refractivity contribution in [3.05, 3.63) is 0 Å². The van der Waals surface area contributed by atoms with Gasteiger partial charge in [0.1, 0.15) is 0 Å². The van der Waals surface area contributed by atoms with Crippen LogP contribution in [0.5, 0.6) is 0 Å². The second-order valence-corrected chi connectivity index (χ2v) is 5.30. The minimum atomic E-state index is -0.557. The highest BCUT2D eigenvalue weighted by molar-refractivity contribution is 5.87. The highest BCUT2D eigenvalue weighted by Gasteiger charge is 2.44. The van der Waals surface area contributed by atoms with E-state index in [1.807, 2.05) is 4.90 Å². The van der Waals surface area contributed by atoms with Gasteiger partial charge < -0.3 is 15.4 Å². The maximum atomic E-state index is 12.2. The number of amides is 1. The van der Waals surface area contributed by atoms with Crippen LogP contribution < -0.4 is 5.73 Å². The predicted octanol–water partition coefficient (Wildman–Crippen LogP) is 0.751. The van der Waals surface area contributed by atoms with Gasteiger partial charge in [-0.25, -0.2) is 0 Å². The van der Waals surface area contributed by atoms with Crippen molar-refractivity contribution >= 4 is 5.91 Å². The number of rotatable bonds is 2. The molecule has 0 radical (unpaired) electrons. The zero-order chi connectivity index (χ0) is 11.8. The fourth-order valence-electron chi connectivity index (χ4n) is 2.61. The van der Waals surface area contributed by atoms with Gasteiger partial charge in [-0.05, 0) is 31.6 Å². The van der Waals surface area contributed by atoms with Crippen molar-refractivity contribution in [3.8, 4) is 0 Å². The average Bonchev–Trinajstić information content (AvgIpc) is 2.25. The lowest BCUT2D eigenvalue weighted by atomic mass is 9.76. The Bertz CT molecular complexity index is 276. The summed E-state index contributed by atoms with van der Waals surface area (Å²) in [6.45, 7) is 3.71. The molecule has 1 saturated carbocycles. The second-order valence-electron chi connectivity index (χ2n) is 5.30. The van der Waals surface area contributed by atoms with Gasteiger partial charge in [0.25, 0.3) is 0 Å². The van der Waals surface area contributed by atoms with Crippen LogP contribution in [0.2, 0.25) is 0 Å². The molecule has 1 aliphatic carbocycles. The van der Waals surface area contributed by atoms with Crippen LogP contribution in [0, 0.1) is 5.92 Å². The summed E-state index contributed by atoms with van der Waals surface area (Å²) in [5.41, 5.74) is 5.51. The van der Waals surface area contributed by atoms with Crippen molar-refractivity contribution in [2.24, 2.45) is 11.7 Å². The molecule has 2 rings (SSSR count). The summed E-state index contributed by atoms with van der Waals surface area (Å²) in [5.74, 6) is 0.664. The van der Waals surface area contributed by atoms with Crippen molar-refractivity contribution < 1.29 is 9.53 Å². The van der Waals surface area contributed by atoms with Gasteiger partial charge in [0.2, 0.25) is 5.91 Å². The van der Waals surface area contributed by atoms with Gasteiger partial charge in [0.05, 0.1) is 11.6 Å². The van der Waals surface area contributed by atoms with Crippen LogP contribution in [0.3, 0.4) is 0 Å². The van der Waals surface area contributed by atoms with Crippen LogP contribution in [0.1, 0.15) is 32.6 Å². The van der Waals surface area contributed by atoms with E-state index >= 15 is 0 Å². The topological polar surface area (TPSA) is 55.6 Å². The molecule has 4 heteroatoms. The van der Waals surface area contributed by atoms with Gasteiger partial charge in [0, 0.05) is 20.2 Å². The SMILES string of the molecule is COC1CN(C(=O)C2(N)CCC2)CCC1C. The second kappa shape index (κ2) is 4.34. The van der Waals surface area contributed by atoms with Crippen molar-refractivity contribution in [2.75, 3.05) is 20.2 Å². The first-order valence-electron chi connectivity index (χ1n) is 6.18. The molecule has 2 aliphatic rings. The molecule has 1 amide bonds. The highest BCUT2D eigenvalue weighted by atomic mass is 16.5. The Kier molecular flexibility index (Phi) is 3.22. The maximum absolute atomic E-state index is 12.2. The Morgan fingerprint density at radius 1 is 1.50 bits per heavy atom.